The fourth-order valence-electron chi connectivity index (χ4n) is 3.10. The molecule has 2 rings (SSSR count). The van der Waals surface area contributed by atoms with Crippen LogP contribution in [-0.2, 0) is 9.59 Å². The normalized spacial score (nSPS) is 33.7. The van der Waals surface area contributed by atoms with E-state index in [1.807, 2.05) is 18.9 Å². The number of likely N-dealkylation sites (N-methyl/N-ethyl adjacent to an activating group) is 1. The number of carboxylic acid groups (broad SMARTS) is 1. The van der Waals surface area contributed by atoms with Crippen molar-refractivity contribution < 1.29 is 14.7 Å². The summed E-state index contributed by atoms with van der Waals surface area (Å²) < 4.78 is 0. The molecule has 1 saturated carbocycles. The number of nitrogens with zero attached hydrogens (tertiary/aromatic N) is 2. The average molecular weight is 254 g/mol. The summed E-state index contributed by atoms with van der Waals surface area (Å²) in [6, 6.07) is 0. The van der Waals surface area contributed by atoms with Crippen molar-refractivity contribution in [1.82, 2.24) is 9.80 Å². The van der Waals surface area contributed by atoms with Crippen molar-refractivity contribution in [2.45, 2.75) is 19.8 Å². The smallest absolute Gasteiger partial charge is 0.307 e. The maximum Gasteiger partial charge on any atom is 0.307 e. The summed E-state index contributed by atoms with van der Waals surface area (Å²) in [6.45, 7) is 5.25. The van der Waals surface area contributed by atoms with E-state index in [4.69, 9.17) is 0 Å². The highest BCUT2D eigenvalue weighted by atomic mass is 16.4. The van der Waals surface area contributed by atoms with Crippen LogP contribution in [0, 0.1) is 17.8 Å². The molecule has 3 unspecified atom stereocenters. The maximum atomic E-state index is 12.4. The van der Waals surface area contributed by atoms with E-state index in [-0.39, 0.29) is 11.8 Å². The van der Waals surface area contributed by atoms with Crippen molar-refractivity contribution in [3.05, 3.63) is 0 Å². The van der Waals surface area contributed by atoms with Crippen molar-refractivity contribution in [2.75, 3.05) is 33.2 Å². The van der Waals surface area contributed by atoms with Crippen LogP contribution in [0.4, 0.5) is 0 Å². The summed E-state index contributed by atoms with van der Waals surface area (Å²) in [5.41, 5.74) is 0. The molecule has 0 aromatic carbocycles. The van der Waals surface area contributed by atoms with Gasteiger partial charge in [0.25, 0.3) is 0 Å². The Hall–Kier alpha value is -1.10. The molecule has 102 valence electrons. The first kappa shape index (κ1) is 13.3. The minimum absolute atomic E-state index is 0.0554. The minimum atomic E-state index is -0.813. The first-order chi connectivity index (χ1) is 8.49. The molecular formula is C13H22N2O3. The van der Waals surface area contributed by atoms with E-state index in [0.29, 0.717) is 12.3 Å². The van der Waals surface area contributed by atoms with E-state index in [9.17, 15) is 14.7 Å². The molecule has 0 radical (unpaired) electrons. The number of carbonyl (C=O) groups is 2. The zero-order valence-electron chi connectivity index (χ0n) is 11.1. The van der Waals surface area contributed by atoms with Gasteiger partial charge in [-0.1, -0.05) is 6.92 Å². The molecule has 18 heavy (non-hydrogen) atoms. The van der Waals surface area contributed by atoms with Crippen molar-refractivity contribution >= 4 is 11.9 Å². The third kappa shape index (κ3) is 2.66. The summed E-state index contributed by atoms with van der Waals surface area (Å²) in [5.74, 6) is -1.20. The largest absolute Gasteiger partial charge is 0.481 e. The van der Waals surface area contributed by atoms with E-state index >= 15 is 0 Å². The van der Waals surface area contributed by atoms with E-state index in [0.717, 1.165) is 32.6 Å². The van der Waals surface area contributed by atoms with Gasteiger partial charge in [0.15, 0.2) is 0 Å². The van der Waals surface area contributed by atoms with Gasteiger partial charge in [0.05, 0.1) is 11.8 Å². The number of carbonyl (C=O) groups excluding carboxylic acids is 1. The van der Waals surface area contributed by atoms with Crippen LogP contribution in [0.1, 0.15) is 19.8 Å². The lowest BCUT2D eigenvalue weighted by molar-refractivity contribution is -0.149. The molecule has 1 heterocycles. The third-order valence-electron chi connectivity index (χ3n) is 4.25. The maximum absolute atomic E-state index is 12.4. The molecule has 1 aliphatic heterocycles. The Morgan fingerprint density at radius 1 is 1.06 bits per heavy atom. The molecule has 1 aliphatic carbocycles. The summed E-state index contributed by atoms with van der Waals surface area (Å²) in [6.07, 6.45) is 1.36. The number of hydrogen-bond acceptors (Lipinski definition) is 3. The van der Waals surface area contributed by atoms with Crippen LogP contribution in [0.3, 0.4) is 0 Å². The number of hydrogen-bond donors (Lipinski definition) is 1. The van der Waals surface area contributed by atoms with Crippen LogP contribution in [-0.4, -0.2) is 60.0 Å². The van der Waals surface area contributed by atoms with Crippen LogP contribution in [0.15, 0.2) is 0 Å². The van der Waals surface area contributed by atoms with Gasteiger partial charge in [0, 0.05) is 26.2 Å². The Bertz CT molecular complexity index is 337. The Morgan fingerprint density at radius 3 is 2.17 bits per heavy atom. The summed E-state index contributed by atoms with van der Waals surface area (Å²) in [7, 11) is 2.04. The topological polar surface area (TPSA) is 60.9 Å². The lowest BCUT2D eigenvalue weighted by Gasteiger charge is -2.34. The predicted octanol–water partition coefficient (Wildman–Crippen LogP) is 0.507. The standard InChI is InChI=1S/C13H22N2O3/c1-9-7-10(11(8-9)13(17)18)12(16)15-5-3-14(2)4-6-15/h9-11H,3-8H2,1-2H3,(H,17,18). The second-order valence-electron chi connectivity index (χ2n) is 5.76. The zero-order valence-corrected chi connectivity index (χ0v) is 11.1. The number of aliphatic carboxylic acids is 1. The molecule has 2 fully saturated rings. The molecule has 1 amide bonds. The molecule has 3 atom stereocenters. The van der Waals surface area contributed by atoms with Crippen molar-refractivity contribution in [3.63, 3.8) is 0 Å². The van der Waals surface area contributed by atoms with E-state index in [1.165, 1.54) is 0 Å². The first-order valence-electron chi connectivity index (χ1n) is 6.69. The molecule has 1 saturated heterocycles. The Morgan fingerprint density at radius 2 is 1.61 bits per heavy atom. The number of amides is 1. The van der Waals surface area contributed by atoms with Gasteiger partial charge in [0.1, 0.15) is 0 Å². The lowest BCUT2D eigenvalue weighted by atomic mass is 9.94. The number of piperazine rings is 1. The summed E-state index contributed by atoms with van der Waals surface area (Å²) in [4.78, 5) is 27.7. The van der Waals surface area contributed by atoms with Crippen LogP contribution < -0.4 is 0 Å². The number of rotatable bonds is 2. The molecule has 2 aliphatic rings. The van der Waals surface area contributed by atoms with Gasteiger partial charge in [-0.05, 0) is 25.8 Å². The Balaban J connectivity index is 2.01. The average Bonchev–Trinajstić information content (AvgIpc) is 2.71. The first-order valence-corrected chi connectivity index (χ1v) is 6.69. The second kappa shape index (κ2) is 5.26. The van der Waals surface area contributed by atoms with Crippen LogP contribution in [0.2, 0.25) is 0 Å². The van der Waals surface area contributed by atoms with Crippen molar-refractivity contribution in [2.24, 2.45) is 17.8 Å². The van der Waals surface area contributed by atoms with Gasteiger partial charge >= 0.3 is 5.97 Å². The Kier molecular flexibility index (Phi) is 3.90. The molecule has 5 heteroatoms. The van der Waals surface area contributed by atoms with E-state index < -0.39 is 11.9 Å². The summed E-state index contributed by atoms with van der Waals surface area (Å²) in [5, 5.41) is 9.21. The predicted molar refractivity (Wildman–Crippen MR) is 67.1 cm³/mol. The lowest BCUT2D eigenvalue weighted by Crippen LogP contribution is -2.49. The second-order valence-corrected chi connectivity index (χ2v) is 5.76. The third-order valence-corrected chi connectivity index (χ3v) is 4.25. The zero-order chi connectivity index (χ0) is 13.3. The monoisotopic (exact) mass is 254 g/mol. The van der Waals surface area contributed by atoms with Crippen molar-refractivity contribution in [1.29, 1.82) is 0 Å². The quantitative estimate of drug-likeness (QED) is 0.780. The highest BCUT2D eigenvalue weighted by Gasteiger charge is 2.42. The van der Waals surface area contributed by atoms with Crippen LogP contribution in [0.25, 0.3) is 0 Å². The van der Waals surface area contributed by atoms with Crippen molar-refractivity contribution in [3.8, 4) is 0 Å². The molecule has 0 aromatic rings. The fraction of sp³-hybridized carbons (Fsp3) is 0.846. The molecule has 0 aromatic heterocycles. The van der Waals surface area contributed by atoms with Gasteiger partial charge in [-0.25, -0.2) is 0 Å². The van der Waals surface area contributed by atoms with Gasteiger partial charge in [0.2, 0.25) is 5.91 Å². The van der Waals surface area contributed by atoms with E-state index in [2.05, 4.69) is 4.90 Å². The SMILES string of the molecule is CC1CC(C(=O)O)C(C(=O)N2CCN(C)CC2)C1. The highest BCUT2D eigenvalue weighted by Crippen LogP contribution is 2.37. The molecule has 0 bridgehead atoms. The fourth-order valence-corrected chi connectivity index (χ4v) is 3.10. The van der Waals surface area contributed by atoms with Gasteiger partial charge < -0.3 is 14.9 Å². The summed E-state index contributed by atoms with van der Waals surface area (Å²) >= 11 is 0. The van der Waals surface area contributed by atoms with Crippen LogP contribution in [0.5, 0.6) is 0 Å². The van der Waals surface area contributed by atoms with Gasteiger partial charge in [-0.2, -0.15) is 0 Å². The van der Waals surface area contributed by atoms with Gasteiger partial charge in [-0.15, -0.1) is 0 Å². The molecule has 1 N–H and O–H groups in total. The highest BCUT2D eigenvalue weighted by molar-refractivity contribution is 5.85. The molecule has 5 nitrogen and oxygen atoms in total. The Labute approximate surface area is 108 Å². The number of carboxylic acids is 1. The van der Waals surface area contributed by atoms with E-state index in [1.54, 1.807) is 0 Å². The molecular weight excluding hydrogens is 232 g/mol. The van der Waals surface area contributed by atoms with Gasteiger partial charge in [-0.3, -0.25) is 9.59 Å². The molecule has 0 spiro atoms. The minimum Gasteiger partial charge on any atom is -0.481 e. The van der Waals surface area contributed by atoms with Crippen LogP contribution >= 0.6 is 0 Å².